The minimum atomic E-state index is -1.00. The van der Waals surface area contributed by atoms with Crippen molar-refractivity contribution < 1.29 is 14.3 Å². The van der Waals surface area contributed by atoms with Crippen LogP contribution in [0.15, 0.2) is 4.42 Å². The molecule has 14 heavy (non-hydrogen) atoms. The van der Waals surface area contributed by atoms with Crippen molar-refractivity contribution in [2.24, 2.45) is 5.73 Å². The van der Waals surface area contributed by atoms with Crippen molar-refractivity contribution >= 4 is 17.7 Å². The Morgan fingerprint density at radius 2 is 2.43 bits per heavy atom. The fourth-order valence-corrected chi connectivity index (χ4v) is 1.55. The zero-order valence-corrected chi connectivity index (χ0v) is 8.45. The average molecular weight is 217 g/mol. The maximum atomic E-state index is 10.4. The van der Waals surface area contributed by atoms with Crippen molar-refractivity contribution in [1.82, 2.24) is 10.2 Å². The van der Waals surface area contributed by atoms with Crippen LogP contribution in [-0.2, 0) is 10.5 Å². The number of aryl methyl sites for hydroxylation is 1. The van der Waals surface area contributed by atoms with Gasteiger partial charge in [0.15, 0.2) is 0 Å². The molecule has 0 radical (unpaired) electrons. The van der Waals surface area contributed by atoms with Crippen LogP contribution < -0.4 is 5.73 Å². The maximum Gasteiger partial charge on any atom is 0.321 e. The van der Waals surface area contributed by atoms with E-state index in [-0.39, 0.29) is 0 Å². The number of aliphatic carboxylic acids is 1. The Hall–Kier alpha value is -1.08. The zero-order valence-electron chi connectivity index (χ0n) is 7.64. The van der Waals surface area contributed by atoms with Gasteiger partial charge in [0.1, 0.15) is 6.04 Å². The van der Waals surface area contributed by atoms with Crippen LogP contribution in [0.3, 0.4) is 0 Å². The molecule has 0 saturated carbocycles. The van der Waals surface area contributed by atoms with E-state index in [1.54, 1.807) is 6.92 Å². The molecule has 0 amide bonds. The molecular formula is C7H11N3O3S. The number of carbonyl (C=O) groups is 1. The summed E-state index contributed by atoms with van der Waals surface area (Å²) in [4.78, 5) is 10.4. The monoisotopic (exact) mass is 217 g/mol. The summed E-state index contributed by atoms with van der Waals surface area (Å²) in [5.41, 5.74) is 5.30. The predicted octanol–water partition coefficient (Wildman–Crippen LogP) is 0.0231. The van der Waals surface area contributed by atoms with Crippen LogP contribution in [0, 0.1) is 6.92 Å². The lowest BCUT2D eigenvalue weighted by molar-refractivity contribution is -0.137. The van der Waals surface area contributed by atoms with E-state index in [4.69, 9.17) is 15.3 Å². The lowest BCUT2D eigenvalue weighted by Crippen LogP contribution is -2.32. The van der Waals surface area contributed by atoms with Crippen LogP contribution in [0.2, 0.25) is 0 Å². The summed E-state index contributed by atoms with van der Waals surface area (Å²) in [7, 11) is 0. The Balaban J connectivity index is 2.25. The highest BCUT2D eigenvalue weighted by Crippen LogP contribution is 2.11. The molecule has 1 aromatic rings. The second-order valence-electron chi connectivity index (χ2n) is 2.67. The molecule has 1 atom stereocenters. The zero-order chi connectivity index (χ0) is 10.6. The molecule has 0 fully saturated rings. The minimum Gasteiger partial charge on any atom is -0.480 e. The summed E-state index contributed by atoms with van der Waals surface area (Å²) >= 11 is 1.35. The molecule has 1 rings (SSSR count). The Morgan fingerprint density at radius 1 is 1.71 bits per heavy atom. The van der Waals surface area contributed by atoms with Crippen molar-refractivity contribution in [2.45, 2.75) is 18.7 Å². The van der Waals surface area contributed by atoms with E-state index in [0.717, 1.165) is 0 Å². The first kappa shape index (κ1) is 11.0. The van der Waals surface area contributed by atoms with Gasteiger partial charge in [0, 0.05) is 12.7 Å². The van der Waals surface area contributed by atoms with E-state index >= 15 is 0 Å². The third-order valence-electron chi connectivity index (χ3n) is 1.41. The molecule has 0 aliphatic carbocycles. The summed E-state index contributed by atoms with van der Waals surface area (Å²) in [6, 6.07) is -0.844. The van der Waals surface area contributed by atoms with Crippen LogP contribution in [0.4, 0.5) is 0 Å². The molecule has 7 heteroatoms. The van der Waals surface area contributed by atoms with E-state index < -0.39 is 12.0 Å². The van der Waals surface area contributed by atoms with Crippen molar-refractivity contribution in [1.29, 1.82) is 0 Å². The average Bonchev–Trinajstić information content (AvgIpc) is 2.51. The molecule has 0 saturated heterocycles. The van der Waals surface area contributed by atoms with Crippen LogP contribution in [0.1, 0.15) is 11.8 Å². The number of hydrogen-bond donors (Lipinski definition) is 2. The highest BCUT2D eigenvalue weighted by atomic mass is 32.2. The van der Waals surface area contributed by atoms with Crippen LogP contribution in [0.5, 0.6) is 0 Å². The molecule has 0 aromatic carbocycles. The summed E-state index contributed by atoms with van der Waals surface area (Å²) < 4.78 is 5.09. The van der Waals surface area contributed by atoms with Crippen molar-refractivity contribution in [3.8, 4) is 0 Å². The molecule has 0 bridgehead atoms. The molecule has 0 aliphatic heterocycles. The minimum absolute atomic E-state index is 0.330. The SMILES string of the molecule is Cc1nnc(CSC[C@H](N)C(=O)O)o1. The number of nitrogens with zero attached hydrogens (tertiary/aromatic N) is 2. The second kappa shape index (κ2) is 4.97. The number of hydrogen-bond acceptors (Lipinski definition) is 6. The van der Waals surface area contributed by atoms with E-state index in [2.05, 4.69) is 10.2 Å². The summed E-state index contributed by atoms with van der Waals surface area (Å²) in [6.45, 7) is 1.70. The van der Waals surface area contributed by atoms with Crippen molar-refractivity contribution in [2.75, 3.05) is 5.75 Å². The summed E-state index contributed by atoms with van der Waals surface area (Å²) in [5.74, 6) is 0.811. The van der Waals surface area contributed by atoms with Gasteiger partial charge in [-0.1, -0.05) is 0 Å². The van der Waals surface area contributed by atoms with Gasteiger partial charge in [-0.3, -0.25) is 4.79 Å². The van der Waals surface area contributed by atoms with E-state index in [9.17, 15) is 4.79 Å². The first-order valence-electron chi connectivity index (χ1n) is 3.94. The first-order chi connectivity index (χ1) is 6.59. The quantitative estimate of drug-likeness (QED) is 0.716. The van der Waals surface area contributed by atoms with Crippen LogP contribution >= 0.6 is 11.8 Å². The highest BCUT2D eigenvalue weighted by molar-refractivity contribution is 7.98. The third-order valence-corrected chi connectivity index (χ3v) is 2.45. The van der Waals surface area contributed by atoms with Crippen molar-refractivity contribution in [3.05, 3.63) is 11.8 Å². The Kier molecular flexibility index (Phi) is 3.90. The maximum absolute atomic E-state index is 10.4. The largest absolute Gasteiger partial charge is 0.480 e. The smallest absolute Gasteiger partial charge is 0.321 e. The number of carboxylic acids is 1. The standard InChI is InChI=1S/C7H11N3O3S/c1-4-9-10-6(13-4)3-14-2-5(8)7(11)12/h5H,2-3,8H2,1H3,(H,11,12)/t5-/m0/s1. The highest BCUT2D eigenvalue weighted by Gasteiger charge is 2.11. The fraction of sp³-hybridized carbons (Fsp3) is 0.571. The van der Waals surface area contributed by atoms with Gasteiger partial charge >= 0.3 is 5.97 Å². The first-order valence-corrected chi connectivity index (χ1v) is 5.10. The summed E-state index contributed by atoms with van der Waals surface area (Å²) in [6.07, 6.45) is 0. The Labute approximate surface area is 84.9 Å². The van der Waals surface area contributed by atoms with Gasteiger partial charge in [0.2, 0.25) is 11.8 Å². The molecule has 0 aliphatic rings. The molecular weight excluding hydrogens is 206 g/mol. The molecule has 78 valence electrons. The lowest BCUT2D eigenvalue weighted by Gasteiger charge is -2.03. The lowest BCUT2D eigenvalue weighted by atomic mass is 10.4. The number of carboxylic acid groups (broad SMARTS) is 1. The van der Waals surface area contributed by atoms with Gasteiger partial charge in [0.25, 0.3) is 0 Å². The van der Waals surface area contributed by atoms with E-state index in [1.807, 2.05) is 0 Å². The normalized spacial score (nSPS) is 12.7. The molecule has 1 heterocycles. The molecule has 0 unspecified atom stereocenters. The van der Waals surface area contributed by atoms with Gasteiger partial charge in [0.05, 0.1) is 5.75 Å². The third kappa shape index (κ3) is 3.35. The van der Waals surface area contributed by atoms with E-state index in [1.165, 1.54) is 11.8 Å². The van der Waals surface area contributed by atoms with Gasteiger partial charge in [-0.05, 0) is 0 Å². The number of thioether (sulfide) groups is 1. The second-order valence-corrected chi connectivity index (χ2v) is 3.70. The van der Waals surface area contributed by atoms with Crippen molar-refractivity contribution in [3.63, 3.8) is 0 Å². The predicted molar refractivity (Wildman–Crippen MR) is 50.8 cm³/mol. The number of rotatable bonds is 5. The van der Waals surface area contributed by atoms with Gasteiger partial charge in [-0.2, -0.15) is 0 Å². The Morgan fingerprint density at radius 3 is 2.93 bits per heavy atom. The van der Waals surface area contributed by atoms with Gasteiger partial charge in [-0.15, -0.1) is 22.0 Å². The molecule has 6 nitrogen and oxygen atoms in total. The molecule has 1 aromatic heterocycles. The molecule has 3 N–H and O–H groups in total. The van der Waals surface area contributed by atoms with Crippen LogP contribution in [0.25, 0.3) is 0 Å². The molecule has 0 spiro atoms. The number of aromatic nitrogens is 2. The fourth-order valence-electron chi connectivity index (χ4n) is 0.740. The van der Waals surface area contributed by atoms with Gasteiger partial charge in [-0.25, -0.2) is 0 Å². The van der Waals surface area contributed by atoms with E-state index in [0.29, 0.717) is 23.3 Å². The van der Waals surface area contributed by atoms with Crippen LogP contribution in [-0.4, -0.2) is 33.1 Å². The Bertz CT molecular complexity index is 315. The summed E-state index contributed by atoms with van der Waals surface area (Å²) in [5, 5.41) is 15.9. The number of nitrogens with two attached hydrogens (primary N) is 1. The van der Waals surface area contributed by atoms with Gasteiger partial charge < -0.3 is 15.3 Å². The topological polar surface area (TPSA) is 102 Å².